The minimum atomic E-state index is -0.0630. The van der Waals surface area contributed by atoms with Gasteiger partial charge in [-0.15, -0.1) is 0 Å². The van der Waals surface area contributed by atoms with Gasteiger partial charge in [0.2, 0.25) is 0 Å². The predicted octanol–water partition coefficient (Wildman–Crippen LogP) is 10.7. The molecule has 2 rings (SSSR count). The van der Waals surface area contributed by atoms with Gasteiger partial charge in [-0.05, 0) is 18.1 Å². The van der Waals surface area contributed by atoms with Crippen molar-refractivity contribution in [3.8, 4) is 5.75 Å². The summed E-state index contributed by atoms with van der Waals surface area (Å²) in [6.45, 7) is 7.70. The number of benzene rings is 2. The average molecular weight is 465 g/mol. The van der Waals surface area contributed by atoms with Crippen LogP contribution in [0.3, 0.4) is 0 Å². The molecule has 0 spiro atoms. The number of para-hydroxylation sites is 1. The monoisotopic (exact) mass is 464 g/mol. The maximum absolute atomic E-state index is 6.26. The Labute approximate surface area is 211 Å². The lowest BCUT2D eigenvalue weighted by Gasteiger charge is -2.28. The van der Waals surface area contributed by atoms with Crippen molar-refractivity contribution in [2.75, 3.05) is 6.61 Å². The van der Waals surface area contributed by atoms with Crippen LogP contribution >= 0.6 is 0 Å². The molecule has 34 heavy (non-hydrogen) atoms. The van der Waals surface area contributed by atoms with Crippen LogP contribution < -0.4 is 4.74 Å². The molecule has 2 aromatic carbocycles. The van der Waals surface area contributed by atoms with Gasteiger partial charge >= 0.3 is 0 Å². The third-order valence-corrected chi connectivity index (χ3v) is 7.31. The van der Waals surface area contributed by atoms with Gasteiger partial charge in [-0.2, -0.15) is 0 Å². The van der Waals surface area contributed by atoms with E-state index < -0.39 is 0 Å². The summed E-state index contributed by atoms with van der Waals surface area (Å²) in [5.41, 5.74) is 2.54. The lowest BCUT2D eigenvalue weighted by Crippen LogP contribution is -2.20. The Morgan fingerprint density at radius 1 is 0.529 bits per heavy atom. The molecule has 0 atom stereocenters. The van der Waals surface area contributed by atoms with Crippen molar-refractivity contribution in [1.82, 2.24) is 0 Å². The maximum atomic E-state index is 6.26. The number of ether oxygens (including phenoxy) is 1. The Bertz CT molecular complexity index is 733. The highest BCUT2D eigenvalue weighted by atomic mass is 16.5. The Balaban J connectivity index is 1.50. The van der Waals surface area contributed by atoms with Crippen molar-refractivity contribution >= 4 is 0 Å². The zero-order valence-electron chi connectivity index (χ0n) is 22.6. The van der Waals surface area contributed by atoms with Crippen molar-refractivity contribution in [1.29, 1.82) is 0 Å². The normalized spacial score (nSPS) is 11.6. The first-order valence-electron chi connectivity index (χ1n) is 14.4. The number of hydrogen-bond donors (Lipinski definition) is 0. The standard InChI is InChI=1S/C33H52O/c1-4-5-6-7-8-9-10-11-12-13-14-15-16-17-18-24-29-34-32-28-23-22-27-31(32)33(2,3)30-25-20-19-21-26-30/h19-23,25-28H,4-18,24,29H2,1-3H3. The molecular weight excluding hydrogens is 412 g/mol. The van der Waals surface area contributed by atoms with E-state index in [1.54, 1.807) is 0 Å². The average Bonchev–Trinajstić information content (AvgIpc) is 2.86. The lowest BCUT2D eigenvalue weighted by atomic mass is 9.78. The molecule has 0 aliphatic rings. The summed E-state index contributed by atoms with van der Waals surface area (Å²) in [6.07, 6.45) is 22.4. The van der Waals surface area contributed by atoms with Crippen LogP contribution in [0.15, 0.2) is 54.6 Å². The van der Waals surface area contributed by atoms with Gasteiger partial charge in [0.1, 0.15) is 5.75 Å². The second-order valence-electron chi connectivity index (χ2n) is 10.6. The van der Waals surface area contributed by atoms with Crippen LogP contribution in [0.2, 0.25) is 0 Å². The van der Waals surface area contributed by atoms with E-state index in [4.69, 9.17) is 4.74 Å². The number of unbranched alkanes of at least 4 members (excludes halogenated alkanes) is 15. The second-order valence-corrected chi connectivity index (χ2v) is 10.6. The molecule has 0 bridgehead atoms. The summed E-state index contributed by atoms with van der Waals surface area (Å²) in [7, 11) is 0. The molecule has 0 heterocycles. The van der Waals surface area contributed by atoms with Gasteiger partial charge in [0.15, 0.2) is 0 Å². The molecule has 0 fully saturated rings. The van der Waals surface area contributed by atoms with Gasteiger partial charge in [-0.1, -0.05) is 166 Å². The molecule has 0 amide bonds. The number of hydrogen-bond acceptors (Lipinski definition) is 1. The first-order chi connectivity index (χ1) is 16.7. The van der Waals surface area contributed by atoms with Crippen molar-refractivity contribution < 1.29 is 4.74 Å². The van der Waals surface area contributed by atoms with E-state index in [1.165, 1.54) is 107 Å². The third-order valence-electron chi connectivity index (χ3n) is 7.31. The van der Waals surface area contributed by atoms with Gasteiger partial charge in [-0.3, -0.25) is 0 Å². The van der Waals surface area contributed by atoms with E-state index in [9.17, 15) is 0 Å². The molecule has 1 nitrogen and oxygen atoms in total. The quantitative estimate of drug-likeness (QED) is 0.177. The Kier molecular flexibility index (Phi) is 14.8. The molecule has 2 aromatic rings. The summed E-state index contributed by atoms with van der Waals surface area (Å²) < 4.78 is 6.26. The Morgan fingerprint density at radius 2 is 0.971 bits per heavy atom. The molecule has 0 aliphatic heterocycles. The SMILES string of the molecule is CCCCCCCCCCCCCCCCCCOc1ccccc1C(C)(C)c1ccccc1. The van der Waals surface area contributed by atoms with Gasteiger partial charge in [0.05, 0.1) is 6.61 Å². The van der Waals surface area contributed by atoms with Crippen LogP contribution in [0.5, 0.6) is 5.75 Å². The van der Waals surface area contributed by atoms with Gasteiger partial charge in [0.25, 0.3) is 0 Å². The fraction of sp³-hybridized carbons (Fsp3) is 0.636. The minimum absolute atomic E-state index is 0.0630. The molecule has 0 saturated carbocycles. The summed E-state index contributed by atoms with van der Waals surface area (Å²) in [5.74, 6) is 1.04. The highest BCUT2D eigenvalue weighted by molar-refractivity contribution is 5.45. The molecular formula is C33H52O. The molecule has 190 valence electrons. The molecule has 0 aliphatic carbocycles. The summed E-state index contributed by atoms with van der Waals surface area (Å²) in [6, 6.07) is 19.3. The van der Waals surface area contributed by atoms with E-state index in [1.807, 2.05) is 0 Å². The van der Waals surface area contributed by atoms with Gasteiger partial charge in [0, 0.05) is 11.0 Å². The van der Waals surface area contributed by atoms with Crippen LogP contribution in [-0.4, -0.2) is 6.61 Å². The molecule has 0 unspecified atom stereocenters. The van der Waals surface area contributed by atoms with E-state index in [0.29, 0.717) is 0 Å². The zero-order valence-corrected chi connectivity index (χ0v) is 22.6. The highest BCUT2D eigenvalue weighted by Crippen LogP contribution is 2.37. The molecule has 0 N–H and O–H groups in total. The Morgan fingerprint density at radius 3 is 1.50 bits per heavy atom. The molecule has 0 radical (unpaired) electrons. The van der Waals surface area contributed by atoms with Crippen molar-refractivity contribution in [3.05, 3.63) is 65.7 Å². The third kappa shape index (κ3) is 11.1. The van der Waals surface area contributed by atoms with Crippen LogP contribution in [0.25, 0.3) is 0 Å². The summed E-state index contributed by atoms with van der Waals surface area (Å²) in [5, 5.41) is 0. The fourth-order valence-electron chi connectivity index (χ4n) is 4.95. The van der Waals surface area contributed by atoms with E-state index >= 15 is 0 Å². The van der Waals surface area contributed by atoms with Crippen LogP contribution in [0, 0.1) is 0 Å². The van der Waals surface area contributed by atoms with Gasteiger partial charge < -0.3 is 4.74 Å². The smallest absolute Gasteiger partial charge is 0.123 e. The lowest BCUT2D eigenvalue weighted by molar-refractivity contribution is 0.297. The Hall–Kier alpha value is -1.76. The largest absolute Gasteiger partial charge is 0.493 e. The number of rotatable bonds is 20. The zero-order chi connectivity index (χ0) is 24.3. The summed E-state index contributed by atoms with van der Waals surface area (Å²) in [4.78, 5) is 0. The summed E-state index contributed by atoms with van der Waals surface area (Å²) >= 11 is 0. The first kappa shape index (κ1) is 28.5. The minimum Gasteiger partial charge on any atom is -0.493 e. The van der Waals surface area contributed by atoms with Crippen LogP contribution in [0.4, 0.5) is 0 Å². The van der Waals surface area contributed by atoms with Gasteiger partial charge in [-0.25, -0.2) is 0 Å². The van der Waals surface area contributed by atoms with Crippen molar-refractivity contribution in [3.63, 3.8) is 0 Å². The van der Waals surface area contributed by atoms with Crippen molar-refractivity contribution in [2.45, 2.75) is 129 Å². The first-order valence-corrected chi connectivity index (χ1v) is 14.4. The molecule has 0 saturated heterocycles. The second kappa shape index (κ2) is 17.6. The molecule has 0 aromatic heterocycles. The fourth-order valence-corrected chi connectivity index (χ4v) is 4.95. The van der Waals surface area contributed by atoms with Crippen LogP contribution in [-0.2, 0) is 5.41 Å². The maximum Gasteiger partial charge on any atom is 0.123 e. The van der Waals surface area contributed by atoms with E-state index in [-0.39, 0.29) is 5.41 Å². The van der Waals surface area contributed by atoms with E-state index in [2.05, 4.69) is 75.4 Å². The topological polar surface area (TPSA) is 9.23 Å². The highest BCUT2D eigenvalue weighted by Gasteiger charge is 2.26. The van der Waals surface area contributed by atoms with Crippen molar-refractivity contribution in [2.24, 2.45) is 0 Å². The van der Waals surface area contributed by atoms with Crippen LogP contribution in [0.1, 0.15) is 135 Å². The van der Waals surface area contributed by atoms with E-state index in [0.717, 1.165) is 18.8 Å². The predicted molar refractivity (Wildman–Crippen MR) is 150 cm³/mol. The molecule has 1 heteroatoms.